The molecular formula is C32H36FN5O3S. The van der Waals surface area contributed by atoms with E-state index >= 15 is 0 Å². The molecule has 0 unspecified atom stereocenters. The van der Waals surface area contributed by atoms with E-state index in [9.17, 15) is 14.0 Å². The first-order chi connectivity index (χ1) is 20.0. The minimum absolute atomic E-state index is 0.0440. The number of nitrogens with zero attached hydrogens (tertiary/aromatic N) is 3. The van der Waals surface area contributed by atoms with Gasteiger partial charge in [-0.15, -0.1) is 11.3 Å². The standard InChI is InChI=1S/C32H36FN5O3S/c1-20-6-8-24(9-7-20)38-28(19-27(36-38)32(3,4)5)35-31(40)34-23-16-22(33)17-26(18-23)41-25-10-13-37(14-11-25)30(39)29-21(2)12-15-42-29/h6-9,12,15-19,25H,10-11,13-14H2,1-5H3,(H2,34,35,40). The van der Waals surface area contributed by atoms with Crippen LogP contribution in [0, 0.1) is 19.7 Å². The van der Waals surface area contributed by atoms with Crippen molar-refractivity contribution in [3.63, 3.8) is 0 Å². The first-order valence-electron chi connectivity index (χ1n) is 14.0. The number of hydrogen-bond acceptors (Lipinski definition) is 5. The van der Waals surface area contributed by atoms with Gasteiger partial charge in [-0.1, -0.05) is 38.5 Å². The minimum atomic E-state index is -0.532. The largest absolute Gasteiger partial charge is 0.490 e. The van der Waals surface area contributed by atoms with Crippen LogP contribution in [-0.2, 0) is 5.41 Å². The number of aryl methyl sites for hydroxylation is 2. The number of anilines is 2. The molecule has 2 N–H and O–H groups in total. The fourth-order valence-corrected chi connectivity index (χ4v) is 5.70. The molecule has 0 bridgehead atoms. The van der Waals surface area contributed by atoms with E-state index in [1.165, 1.54) is 23.5 Å². The molecule has 1 fully saturated rings. The molecule has 2 aromatic heterocycles. The summed E-state index contributed by atoms with van der Waals surface area (Å²) in [6.07, 6.45) is 1.10. The molecule has 2 aromatic carbocycles. The lowest BCUT2D eigenvalue weighted by atomic mass is 9.92. The number of halogens is 1. The molecule has 8 nitrogen and oxygen atoms in total. The zero-order valence-corrected chi connectivity index (χ0v) is 25.3. The van der Waals surface area contributed by atoms with E-state index in [0.717, 1.165) is 27.4 Å². The molecule has 0 radical (unpaired) electrons. The summed E-state index contributed by atoms with van der Waals surface area (Å²) in [7, 11) is 0. The Morgan fingerprint density at radius 2 is 1.71 bits per heavy atom. The smallest absolute Gasteiger partial charge is 0.324 e. The monoisotopic (exact) mass is 589 g/mol. The van der Waals surface area contributed by atoms with Gasteiger partial charge in [0.1, 0.15) is 23.5 Å². The molecule has 4 aromatic rings. The van der Waals surface area contributed by atoms with Gasteiger partial charge in [-0.05, 0) is 49.1 Å². The summed E-state index contributed by atoms with van der Waals surface area (Å²) in [5.41, 5.74) is 3.77. The number of amides is 3. The van der Waals surface area contributed by atoms with Gasteiger partial charge in [0.25, 0.3) is 5.91 Å². The maximum absolute atomic E-state index is 14.6. The Kier molecular flexibility index (Phi) is 8.36. The molecule has 0 spiro atoms. The topological polar surface area (TPSA) is 88.5 Å². The molecule has 0 aliphatic carbocycles. The summed E-state index contributed by atoms with van der Waals surface area (Å²) < 4.78 is 22.3. The van der Waals surface area contributed by atoms with Gasteiger partial charge < -0.3 is 15.0 Å². The first kappa shape index (κ1) is 29.3. The molecule has 220 valence electrons. The van der Waals surface area contributed by atoms with Crippen molar-refractivity contribution >= 4 is 34.8 Å². The first-order valence-corrected chi connectivity index (χ1v) is 14.9. The van der Waals surface area contributed by atoms with Gasteiger partial charge >= 0.3 is 6.03 Å². The van der Waals surface area contributed by atoms with Gasteiger partial charge in [0.05, 0.1) is 16.3 Å². The third-order valence-corrected chi connectivity index (χ3v) is 8.22. The van der Waals surface area contributed by atoms with Crippen LogP contribution in [0.5, 0.6) is 5.75 Å². The number of likely N-dealkylation sites (tertiary alicyclic amines) is 1. The number of nitrogens with one attached hydrogen (secondary N) is 2. The second-order valence-electron chi connectivity index (χ2n) is 11.7. The summed E-state index contributed by atoms with van der Waals surface area (Å²) >= 11 is 1.46. The third-order valence-electron chi connectivity index (χ3n) is 7.22. The third kappa shape index (κ3) is 6.82. The van der Waals surface area contributed by atoms with Crippen LogP contribution in [0.25, 0.3) is 5.69 Å². The lowest BCUT2D eigenvalue weighted by molar-refractivity contribution is 0.0599. The van der Waals surface area contributed by atoms with Crippen molar-refractivity contribution in [3.8, 4) is 11.4 Å². The number of aromatic nitrogens is 2. The van der Waals surface area contributed by atoms with Crippen LogP contribution in [0.15, 0.2) is 60.0 Å². The Labute approximate surface area is 249 Å². The van der Waals surface area contributed by atoms with Gasteiger partial charge in [-0.2, -0.15) is 5.10 Å². The summed E-state index contributed by atoms with van der Waals surface area (Å²) in [5.74, 6) is 0.336. The predicted molar refractivity (Wildman–Crippen MR) is 165 cm³/mol. The molecular weight excluding hydrogens is 553 g/mol. The number of benzene rings is 2. The van der Waals surface area contributed by atoms with E-state index in [1.54, 1.807) is 10.7 Å². The van der Waals surface area contributed by atoms with Crippen LogP contribution in [0.3, 0.4) is 0 Å². The lowest BCUT2D eigenvalue weighted by Gasteiger charge is -2.32. The van der Waals surface area contributed by atoms with E-state index in [-0.39, 0.29) is 23.1 Å². The quantitative estimate of drug-likeness (QED) is 0.247. The van der Waals surface area contributed by atoms with Crippen molar-refractivity contribution in [2.24, 2.45) is 0 Å². The maximum Gasteiger partial charge on any atom is 0.324 e. The van der Waals surface area contributed by atoms with E-state index in [2.05, 4.69) is 31.4 Å². The van der Waals surface area contributed by atoms with E-state index in [0.29, 0.717) is 37.5 Å². The Morgan fingerprint density at radius 3 is 2.36 bits per heavy atom. The highest BCUT2D eigenvalue weighted by Gasteiger charge is 2.26. The molecule has 1 aliphatic rings. The van der Waals surface area contributed by atoms with Gasteiger partial charge in [-0.25, -0.2) is 13.9 Å². The number of urea groups is 1. The number of carbonyl (C=O) groups excluding carboxylic acids is 2. The van der Waals surface area contributed by atoms with Crippen molar-refractivity contribution in [1.29, 1.82) is 0 Å². The van der Waals surface area contributed by atoms with Crippen molar-refractivity contribution in [1.82, 2.24) is 14.7 Å². The fraction of sp³-hybridized carbons (Fsp3) is 0.344. The molecule has 1 saturated heterocycles. The molecule has 42 heavy (non-hydrogen) atoms. The number of ether oxygens (including phenoxy) is 1. The summed E-state index contributed by atoms with van der Waals surface area (Å²) in [5, 5.41) is 12.3. The van der Waals surface area contributed by atoms with Gasteiger partial charge in [0.2, 0.25) is 0 Å². The van der Waals surface area contributed by atoms with Crippen LogP contribution in [0.4, 0.5) is 20.7 Å². The SMILES string of the molecule is Cc1ccc(-n2nc(C(C)(C)C)cc2NC(=O)Nc2cc(F)cc(OC3CCN(C(=O)c4sccc4C)CC3)c2)cc1. The van der Waals surface area contributed by atoms with E-state index < -0.39 is 11.8 Å². The number of thiophene rings is 1. The molecule has 3 amide bonds. The lowest BCUT2D eigenvalue weighted by Crippen LogP contribution is -2.41. The Balaban J connectivity index is 1.24. The fourth-order valence-electron chi connectivity index (χ4n) is 4.81. The van der Waals surface area contributed by atoms with Gasteiger partial charge in [-0.3, -0.25) is 10.1 Å². The number of rotatable bonds is 6. The second-order valence-corrected chi connectivity index (χ2v) is 12.6. The Hall–Kier alpha value is -4.18. The molecule has 1 aliphatic heterocycles. The minimum Gasteiger partial charge on any atom is -0.490 e. The number of piperidine rings is 1. The number of hydrogen-bond donors (Lipinski definition) is 2. The molecule has 0 atom stereocenters. The highest BCUT2D eigenvalue weighted by atomic mass is 32.1. The van der Waals surface area contributed by atoms with Crippen molar-refractivity contribution in [2.45, 2.75) is 59.0 Å². The van der Waals surface area contributed by atoms with E-state index in [1.807, 2.05) is 60.5 Å². The molecule has 0 saturated carbocycles. The maximum atomic E-state index is 14.6. The highest BCUT2D eigenvalue weighted by molar-refractivity contribution is 7.12. The van der Waals surface area contributed by atoms with Crippen LogP contribution in [0.2, 0.25) is 0 Å². The summed E-state index contributed by atoms with van der Waals surface area (Å²) in [6.45, 7) is 11.2. The summed E-state index contributed by atoms with van der Waals surface area (Å²) in [6, 6.07) is 15.3. The Morgan fingerprint density at radius 1 is 1.00 bits per heavy atom. The predicted octanol–water partition coefficient (Wildman–Crippen LogP) is 7.31. The zero-order valence-electron chi connectivity index (χ0n) is 24.5. The Bertz CT molecular complexity index is 1580. The average molecular weight is 590 g/mol. The summed E-state index contributed by atoms with van der Waals surface area (Å²) in [4.78, 5) is 28.5. The molecule has 3 heterocycles. The zero-order chi connectivity index (χ0) is 30.0. The second kappa shape index (κ2) is 12.0. The van der Waals surface area contributed by atoms with Gasteiger partial charge in [0.15, 0.2) is 0 Å². The van der Waals surface area contributed by atoms with Crippen LogP contribution in [-0.4, -0.2) is 45.8 Å². The van der Waals surface area contributed by atoms with Crippen molar-refractivity contribution in [3.05, 3.63) is 87.5 Å². The molecule has 5 rings (SSSR count). The van der Waals surface area contributed by atoms with Crippen molar-refractivity contribution < 1.29 is 18.7 Å². The number of carbonyl (C=O) groups is 2. The molecule has 10 heteroatoms. The van der Waals surface area contributed by atoms with Gasteiger partial charge in [0, 0.05) is 55.2 Å². The average Bonchev–Trinajstić information content (AvgIpc) is 3.55. The van der Waals surface area contributed by atoms with Crippen molar-refractivity contribution in [2.75, 3.05) is 23.7 Å². The van der Waals surface area contributed by atoms with Crippen LogP contribution in [0.1, 0.15) is 60.1 Å². The van der Waals surface area contributed by atoms with Crippen LogP contribution >= 0.6 is 11.3 Å². The normalized spacial score (nSPS) is 14.1. The van der Waals surface area contributed by atoms with Crippen LogP contribution < -0.4 is 15.4 Å². The van der Waals surface area contributed by atoms with E-state index in [4.69, 9.17) is 9.84 Å². The highest BCUT2D eigenvalue weighted by Crippen LogP contribution is 2.28.